The van der Waals surface area contributed by atoms with Gasteiger partial charge in [0.2, 0.25) is 23.6 Å². The van der Waals surface area contributed by atoms with Crippen molar-refractivity contribution in [2.24, 2.45) is 35.0 Å². The third kappa shape index (κ3) is 4.24. The molecule has 0 N–H and O–H groups in total. The fourth-order valence-electron chi connectivity index (χ4n) is 8.24. The van der Waals surface area contributed by atoms with Crippen LogP contribution in [0.3, 0.4) is 0 Å². The Balaban J connectivity index is 1.51. The first-order chi connectivity index (χ1) is 21.6. The smallest absolute Gasteiger partial charge is 0.334 e. The summed E-state index contributed by atoms with van der Waals surface area (Å²) in [5, 5.41) is 0. The molecule has 1 saturated carbocycles. The van der Waals surface area contributed by atoms with Crippen LogP contribution in [-0.2, 0) is 28.7 Å². The highest BCUT2D eigenvalue weighted by atomic mass is 16.5. The lowest BCUT2D eigenvalue weighted by atomic mass is 9.43. The molecule has 0 aromatic heterocycles. The number of imide groups is 2. The van der Waals surface area contributed by atoms with Crippen LogP contribution in [-0.4, -0.2) is 49.4 Å². The van der Waals surface area contributed by atoms with E-state index in [0.29, 0.717) is 41.7 Å². The summed E-state index contributed by atoms with van der Waals surface area (Å²) < 4.78 is 17.3. The van der Waals surface area contributed by atoms with Crippen LogP contribution in [0.25, 0.3) is 0 Å². The molecule has 2 aliphatic heterocycles. The fourth-order valence-corrected chi connectivity index (χ4v) is 8.24. The standard InChI is InChI=1S/C35H38N2O8/c1-6-17-44-22-15-11-9-13-20(22)36-30(38)25-24-19(4)27(34(42)43-8-3)35(5,28(25)32(36)40)29-26(24)31(39)37(33(29)41)21-14-10-12-16-23(21)45-18-7-2/h9-16,24-26,28-29H,6-8,17-18H2,1-5H3/t24?,25-,26+,28+,29-,35?. The molecule has 2 unspecified atom stereocenters. The molecule has 0 radical (unpaired) electrons. The molecule has 6 atom stereocenters. The molecule has 5 aliphatic rings. The monoisotopic (exact) mass is 614 g/mol. The number of amides is 4. The van der Waals surface area contributed by atoms with Crippen molar-refractivity contribution in [3.05, 3.63) is 59.7 Å². The molecule has 7 rings (SSSR count). The highest BCUT2D eigenvalue weighted by Gasteiger charge is 2.77. The first-order valence-corrected chi connectivity index (χ1v) is 15.7. The molecule has 2 aromatic rings. The first kappa shape index (κ1) is 30.6. The van der Waals surface area contributed by atoms with Crippen LogP contribution in [0, 0.1) is 35.0 Å². The van der Waals surface area contributed by atoms with Crippen LogP contribution in [0.1, 0.15) is 47.5 Å². The molecule has 4 amide bonds. The van der Waals surface area contributed by atoms with Gasteiger partial charge in [-0.25, -0.2) is 14.6 Å². The number of carbonyl (C=O) groups excluding carboxylic acids is 5. The van der Waals surface area contributed by atoms with E-state index < -0.39 is 64.6 Å². The Morgan fingerprint density at radius 2 is 1.16 bits per heavy atom. The number of ether oxygens (including phenoxy) is 3. The number of carbonyl (C=O) groups is 5. The number of nitrogens with zero attached hydrogens (tertiary/aromatic N) is 2. The van der Waals surface area contributed by atoms with Gasteiger partial charge in [-0.1, -0.05) is 50.6 Å². The number of esters is 1. The normalized spacial score (nSPS) is 28.5. The van der Waals surface area contributed by atoms with Gasteiger partial charge < -0.3 is 14.2 Å². The Hall–Kier alpha value is -4.47. The third-order valence-corrected chi connectivity index (χ3v) is 9.82. The maximum absolute atomic E-state index is 14.6. The first-order valence-electron chi connectivity index (χ1n) is 15.7. The number of allylic oxidation sites excluding steroid dienone is 1. The zero-order valence-corrected chi connectivity index (χ0v) is 26.2. The predicted octanol–water partition coefficient (Wildman–Crippen LogP) is 4.70. The summed E-state index contributed by atoms with van der Waals surface area (Å²) in [4.78, 5) is 73.9. The quantitative estimate of drug-likeness (QED) is 0.279. The Kier molecular flexibility index (Phi) is 7.79. The van der Waals surface area contributed by atoms with Crippen LogP contribution < -0.4 is 19.3 Å². The van der Waals surface area contributed by atoms with E-state index >= 15 is 0 Å². The second-order valence-electron chi connectivity index (χ2n) is 12.3. The summed E-state index contributed by atoms with van der Waals surface area (Å²) in [6.07, 6.45) is 1.45. The number of benzene rings is 2. The van der Waals surface area contributed by atoms with Crippen LogP contribution in [0.2, 0.25) is 0 Å². The lowest BCUT2D eigenvalue weighted by molar-refractivity contribution is -0.155. The number of hydrogen-bond acceptors (Lipinski definition) is 8. The molecule has 236 valence electrons. The van der Waals surface area contributed by atoms with E-state index in [1.807, 2.05) is 13.8 Å². The Morgan fingerprint density at radius 1 is 0.711 bits per heavy atom. The summed E-state index contributed by atoms with van der Waals surface area (Å²) in [5.41, 5.74) is -0.174. The largest absolute Gasteiger partial charge is 0.491 e. The van der Waals surface area contributed by atoms with E-state index in [4.69, 9.17) is 14.2 Å². The Morgan fingerprint density at radius 3 is 1.58 bits per heavy atom. The maximum Gasteiger partial charge on any atom is 0.334 e. The van der Waals surface area contributed by atoms with E-state index in [1.54, 1.807) is 69.3 Å². The third-order valence-electron chi connectivity index (χ3n) is 9.82. The predicted molar refractivity (Wildman–Crippen MR) is 164 cm³/mol. The van der Waals surface area contributed by atoms with Crippen LogP contribution in [0.5, 0.6) is 11.5 Å². The van der Waals surface area contributed by atoms with Gasteiger partial charge >= 0.3 is 5.97 Å². The van der Waals surface area contributed by atoms with Crippen molar-refractivity contribution in [1.29, 1.82) is 0 Å². The minimum absolute atomic E-state index is 0.0842. The van der Waals surface area contributed by atoms with Crippen molar-refractivity contribution in [2.45, 2.75) is 47.5 Å². The van der Waals surface area contributed by atoms with Crippen LogP contribution >= 0.6 is 0 Å². The SMILES string of the molecule is CCCOc1ccccc1N1C(=O)[C@@H]2C3C(C)=C(C(=O)OCC)C(C)([C@@H]2C1=O)[C@H]1C(=O)N(c2ccccc2OCCC)C(=O)[C@@H]31. The van der Waals surface area contributed by atoms with Crippen molar-refractivity contribution >= 4 is 41.0 Å². The van der Waals surface area contributed by atoms with E-state index in [0.717, 1.165) is 22.6 Å². The highest BCUT2D eigenvalue weighted by molar-refractivity contribution is 6.28. The van der Waals surface area contributed by atoms with Crippen molar-refractivity contribution in [3.8, 4) is 11.5 Å². The molecule has 10 nitrogen and oxygen atoms in total. The zero-order valence-electron chi connectivity index (χ0n) is 26.2. The average molecular weight is 615 g/mol. The second kappa shape index (κ2) is 11.5. The van der Waals surface area contributed by atoms with Crippen LogP contribution in [0.4, 0.5) is 11.4 Å². The van der Waals surface area contributed by atoms with E-state index in [9.17, 15) is 24.0 Å². The van der Waals surface area contributed by atoms with Gasteiger partial charge in [0.25, 0.3) is 0 Å². The molecular formula is C35H38N2O8. The molecule has 3 fully saturated rings. The molecular weight excluding hydrogens is 576 g/mol. The lowest BCUT2D eigenvalue weighted by Gasteiger charge is -2.55. The van der Waals surface area contributed by atoms with Gasteiger partial charge in [0.15, 0.2) is 0 Å². The topological polar surface area (TPSA) is 120 Å². The molecule has 2 bridgehead atoms. The molecule has 10 heteroatoms. The van der Waals surface area contributed by atoms with Gasteiger partial charge in [0.05, 0.1) is 54.9 Å². The van der Waals surface area contributed by atoms with Gasteiger partial charge in [-0.2, -0.15) is 0 Å². The van der Waals surface area contributed by atoms with E-state index in [1.165, 1.54) is 0 Å². The van der Waals surface area contributed by atoms with Gasteiger partial charge in [0, 0.05) is 16.9 Å². The number of rotatable bonds is 10. The molecule has 0 spiro atoms. The molecule has 3 aliphatic carbocycles. The van der Waals surface area contributed by atoms with E-state index in [2.05, 4.69) is 0 Å². The maximum atomic E-state index is 14.6. The van der Waals surface area contributed by atoms with E-state index in [-0.39, 0.29) is 12.2 Å². The summed E-state index contributed by atoms with van der Waals surface area (Å²) in [6.45, 7) is 9.85. The summed E-state index contributed by atoms with van der Waals surface area (Å²) in [7, 11) is 0. The van der Waals surface area contributed by atoms with Crippen molar-refractivity contribution in [1.82, 2.24) is 0 Å². The van der Waals surface area contributed by atoms with Gasteiger partial charge in [-0.05, 0) is 51.0 Å². The van der Waals surface area contributed by atoms with Gasteiger partial charge in [0.1, 0.15) is 11.5 Å². The Bertz CT molecular complexity index is 1530. The fraction of sp³-hybridized carbons (Fsp3) is 0.457. The minimum Gasteiger partial charge on any atom is -0.491 e. The summed E-state index contributed by atoms with van der Waals surface area (Å²) >= 11 is 0. The average Bonchev–Trinajstić information content (AvgIpc) is 3.45. The Labute approximate surface area is 262 Å². The minimum atomic E-state index is -1.50. The zero-order chi connectivity index (χ0) is 32.2. The summed E-state index contributed by atoms with van der Waals surface area (Å²) in [6, 6.07) is 13.7. The van der Waals surface area contributed by atoms with Gasteiger partial charge in [-0.15, -0.1) is 0 Å². The molecule has 2 heterocycles. The number of hydrogen-bond donors (Lipinski definition) is 0. The van der Waals surface area contributed by atoms with Crippen molar-refractivity contribution in [3.63, 3.8) is 0 Å². The molecule has 2 saturated heterocycles. The van der Waals surface area contributed by atoms with Crippen LogP contribution in [0.15, 0.2) is 59.7 Å². The van der Waals surface area contributed by atoms with Crippen molar-refractivity contribution in [2.75, 3.05) is 29.6 Å². The lowest BCUT2D eigenvalue weighted by Crippen LogP contribution is -2.61. The molecule has 2 aromatic carbocycles. The molecule has 45 heavy (non-hydrogen) atoms. The second-order valence-corrected chi connectivity index (χ2v) is 12.3. The highest BCUT2D eigenvalue weighted by Crippen LogP contribution is 2.69. The van der Waals surface area contributed by atoms with Crippen molar-refractivity contribution < 1.29 is 38.2 Å². The number of para-hydroxylation sites is 4. The summed E-state index contributed by atoms with van der Waals surface area (Å²) in [5.74, 6) is -6.78. The number of anilines is 2. The van der Waals surface area contributed by atoms with Gasteiger partial charge in [-0.3, -0.25) is 19.2 Å².